The van der Waals surface area contributed by atoms with Crippen LogP contribution < -0.4 is 10.3 Å². The molecule has 0 bridgehead atoms. The number of carbonyl (C=O) groups is 1. The Morgan fingerprint density at radius 2 is 1.72 bits per heavy atom. The van der Waals surface area contributed by atoms with Crippen LogP contribution >= 0.6 is 0 Å². The molecule has 0 N–H and O–H groups in total. The molecule has 0 unspecified atom stereocenters. The molecule has 2 aliphatic rings. The third-order valence-corrected chi connectivity index (χ3v) is 6.20. The molecule has 1 amide bonds. The highest BCUT2D eigenvalue weighted by Gasteiger charge is 2.22. The fourth-order valence-corrected chi connectivity index (χ4v) is 4.29. The summed E-state index contributed by atoms with van der Waals surface area (Å²) < 4.78 is 7.58. The highest BCUT2D eigenvalue weighted by molar-refractivity contribution is 5.73. The molecule has 0 aliphatic carbocycles. The summed E-state index contributed by atoms with van der Waals surface area (Å²) >= 11 is 0. The summed E-state index contributed by atoms with van der Waals surface area (Å²) in [7, 11) is 1.82. The number of benzene rings is 1. The molecule has 2 aromatic rings. The van der Waals surface area contributed by atoms with E-state index in [0.29, 0.717) is 18.3 Å². The van der Waals surface area contributed by atoms with Crippen molar-refractivity contribution in [3.63, 3.8) is 0 Å². The van der Waals surface area contributed by atoms with Gasteiger partial charge in [0, 0.05) is 52.4 Å². The van der Waals surface area contributed by atoms with Gasteiger partial charge in [0.2, 0.25) is 5.91 Å². The highest BCUT2D eigenvalue weighted by atomic mass is 16.5. The molecular formula is C23H29N3O3. The fraction of sp³-hybridized carbons (Fsp3) is 0.478. The van der Waals surface area contributed by atoms with Gasteiger partial charge in [-0.05, 0) is 42.0 Å². The molecule has 1 aromatic heterocycles. The van der Waals surface area contributed by atoms with Crippen molar-refractivity contribution < 1.29 is 9.53 Å². The van der Waals surface area contributed by atoms with Crippen LogP contribution in [0.4, 0.5) is 0 Å². The summed E-state index contributed by atoms with van der Waals surface area (Å²) in [5.41, 5.74) is 3.65. The van der Waals surface area contributed by atoms with E-state index in [-0.39, 0.29) is 11.5 Å². The Morgan fingerprint density at radius 1 is 1.07 bits per heavy atom. The minimum Gasteiger partial charge on any atom is -0.488 e. The minimum atomic E-state index is -0.0830. The molecule has 0 spiro atoms. The van der Waals surface area contributed by atoms with Crippen LogP contribution in [-0.2, 0) is 31.5 Å². The zero-order chi connectivity index (χ0) is 20.4. The summed E-state index contributed by atoms with van der Waals surface area (Å²) in [4.78, 5) is 28.4. The lowest BCUT2D eigenvalue weighted by molar-refractivity contribution is -0.130. The summed E-state index contributed by atoms with van der Waals surface area (Å²) in [5, 5.41) is 0. The van der Waals surface area contributed by atoms with Crippen molar-refractivity contribution >= 4 is 5.91 Å². The standard InChI is InChI=1S/C23H29N3O3/c1-17(27)26-11-9-18(10-12-26)16-29-22-8-7-21(24(2)23(22)28)15-25-13-19-5-3-4-6-20(19)14-25/h3-8,18H,9-16H2,1-2H3. The summed E-state index contributed by atoms with van der Waals surface area (Å²) in [6.45, 7) is 6.27. The first-order valence-corrected chi connectivity index (χ1v) is 10.4. The topological polar surface area (TPSA) is 54.8 Å². The van der Waals surface area contributed by atoms with E-state index < -0.39 is 0 Å². The quantitative estimate of drug-likeness (QED) is 0.781. The van der Waals surface area contributed by atoms with Crippen LogP contribution in [0, 0.1) is 5.92 Å². The molecule has 29 heavy (non-hydrogen) atoms. The van der Waals surface area contributed by atoms with Gasteiger partial charge < -0.3 is 14.2 Å². The lowest BCUT2D eigenvalue weighted by Gasteiger charge is -2.31. The molecule has 1 saturated heterocycles. The second-order valence-electron chi connectivity index (χ2n) is 8.23. The smallest absolute Gasteiger partial charge is 0.292 e. The van der Waals surface area contributed by atoms with Crippen LogP contribution in [0.25, 0.3) is 0 Å². The summed E-state index contributed by atoms with van der Waals surface area (Å²) in [5.74, 6) is 0.933. The van der Waals surface area contributed by atoms with Gasteiger partial charge in [-0.15, -0.1) is 0 Å². The van der Waals surface area contributed by atoms with Crippen LogP contribution in [-0.4, -0.2) is 40.0 Å². The summed E-state index contributed by atoms with van der Waals surface area (Å²) in [6.07, 6.45) is 1.85. The van der Waals surface area contributed by atoms with E-state index in [1.807, 2.05) is 24.1 Å². The third-order valence-electron chi connectivity index (χ3n) is 6.20. The van der Waals surface area contributed by atoms with Gasteiger partial charge in [0.1, 0.15) is 0 Å². The van der Waals surface area contributed by atoms with Crippen LogP contribution in [0.1, 0.15) is 36.6 Å². The van der Waals surface area contributed by atoms with Crippen LogP contribution in [0.5, 0.6) is 5.75 Å². The van der Waals surface area contributed by atoms with E-state index >= 15 is 0 Å². The van der Waals surface area contributed by atoms with Crippen LogP contribution in [0.2, 0.25) is 0 Å². The zero-order valence-corrected chi connectivity index (χ0v) is 17.3. The number of carbonyl (C=O) groups excluding carboxylic acids is 1. The largest absolute Gasteiger partial charge is 0.488 e. The maximum atomic E-state index is 12.8. The monoisotopic (exact) mass is 395 g/mol. The van der Waals surface area contributed by atoms with Crippen molar-refractivity contribution in [1.29, 1.82) is 0 Å². The molecule has 0 atom stereocenters. The predicted molar refractivity (Wildman–Crippen MR) is 112 cm³/mol. The number of ether oxygens (including phenoxy) is 1. The van der Waals surface area contributed by atoms with E-state index in [0.717, 1.165) is 51.3 Å². The average molecular weight is 396 g/mol. The molecular weight excluding hydrogens is 366 g/mol. The van der Waals surface area contributed by atoms with Gasteiger partial charge in [0.25, 0.3) is 5.56 Å². The van der Waals surface area contributed by atoms with Gasteiger partial charge in [-0.3, -0.25) is 14.5 Å². The maximum absolute atomic E-state index is 12.8. The Labute approximate surface area is 171 Å². The maximum Gasteiger partial charge on any atom is 0.292 e. The number of nitrogens with zero attached hydrogens (tertiary/aromatic N) is 3. The van der Waals surface area contributed by atoms with Crippen molar-refractivity contribution in [3.8, 4) is 5.75 Å². The van der Waals surface area contributed by atoms with Crippen LogP contribution in [0.3, 0.4) is 0 Å². The molecule has 6 nitrogen and oxygen atoms in total. The molecule has 6 heteroatoms. The van der Waals surface area contributed by atoms with Crippen molar-refractivity contribution in [2.24, 2.45) is 13.0 Å². The number of hydrogen-bond donors (Lipinski definition) is 0. The number of pyridine rings is 1. The Kier molecular flexibility index (Phi) is 5.72. The van der Waals surface area contributed by atoms with Gasteiger partial charge in [-0.25, -0.2) is 0 Å². The molecule has 4 rings (SSSR count). The molecule has 1 aromatic carbocycles. The Morgan fingerprint density at radius 3 is 2.34 bits per heavy atom. The number of likely N-dealkylation sites (tertiary alicyclic amines) is 1. The molecule has 0 radical (unpaired) electrons. The first-order chi connectivity index (χ1) is 14.0. The molecule has 1 fully saturated rings. The van der Waals surface area contributed by atoms with E-state index in [1.165, 1.54) is 11.1 Å². The number of fused-ring (bicyclic) bond motifs is 1. The fourth-order valence-electron chi connectivity index (χ4n) is 4.29. The number of aromatic nitrogens is 1. The summed E-state index contributed by atoms with van der Waals surface area (Å²) in [6, 6.07) is 12.3. The van der Waals surface area contributed by atoms with Gasteiger partial charge in [0.15, 0.2) is 5.75 Å². The molecule has 154 valence electrons. The molecule has 0 saturated carbocycles. The lowest BCUT2D eigenvalue weighted by atomic mass is 9.98. The number of hydrogen-bond acceptors (Lipinski definition) is 4. The molecule has 2 aliphatic heterocycles. The predicted octanol–water partition coefficient (Wildman–Crippen LogP) is 2.54. The van der Waals surface area contributed by atoms with E-state index in [2.05, 4.69) is 29.2 Å². The Bertz CT molecular complexity index is 920. The minimum absolute atomic E-state index is 0.0830. The van der Waals surface area contributed by atoms with E-state index in [4.69, 9.17) is 4.74 Å². The van der Waals surface area contributed by atoms with Crippen molar-refractivity contribution in [2.45, 2.75) is 39.4 Å². The normalized spacial score (nSPS) is 17.4. The first kappa shape index (κ1) is 19.7. The van der Waals surface area contributed by atoms with Gasteiger partial charge in [-0.1, -0.05) is 24.3 Å². The lowest BCUT2D eigenvalue weighted by Crippen LogP contribution is -2.38. The SMILES string of the molecule is CC(=O)N1CCC(COc2ccc(CN3Cc4ccccc4C3)n(C)c2=O)CC1. The average Bonchev–Trinajstić information content (AvgIpc) is 3.13. The number of piperidine rings is 1. The number of rotatable bonds is 5. The Hall–Kier alpha value is -2.60. The molecule has 3 heterocycles. The second-order valence-corrected chi connectivity index (χ2v) is 8.23. The third kappa shape index (κ3) is 4.37. The van der Waals surface area contributed by atoms with Crippen molar-refractivity contribution in [3.05, 3.63) is 63.6 Å². The van der Waals surface area contributed by atoms with Crippen molar-refractivity contribution in [2.75, 3.05) is 19.7 Å². The van der Waals surface area contributed by atoms with Crippen LogP contribution in [0.15, 0.2) is 41.2 Å². The van der Waals surface area contributed by atoms with E-state index in [9.17, 15) is 9.59 Å². The van der Waals surface area contributed by atoms with Gasteiger partial charge >= 0.3 is 0 Å². The van der Waals surface area contributed by atoms with Gasteiger partial charge in [-0.2, -0.15) is 0 Å². The zero-order valence-electron chi connectivity index (χ0n) is 17.3. The Balaban J connectivity index is 1.34. The number of amides is 1. The highest BCUT2D eigenvalue weighted by Crippen LogP contribution is 2.24. The van der Waals surface area contributed by atoms with Gasteiger partial charge in [0.05, 0.1) is 6.61 Å². The van der Waals surface area contributed by atoms with E-state index in [1.54, 1.807) is 11.5 Å². The first-order valence-electron chi connectivity index (χ1n) is 10.4. The second kappa shape index (κ2) is 8.41. The van der Waals surface area contributed by atoms with Crippen molar-refractivity contribution in [1.82, 2.24) is 14.4 Å².